The molecule has 2 rings (SSSR count). The van der Waals surface area contributed by atoms with Crippen LogP contribution in [0, 0.1) is 5.82 Å². The third-order valence-electron chi connectivity index (χ3n) is 3.00. The Kier molecular flexibility index (Phi) is 5.94. The minimum Gasteiger partial charge on any atom is -0.466 e. The molecule has 1 heterocycles. The van der Waals surface area contributed by atoms with E-state index in [-0.39, 0.29) is 11.8 Å². The molecule has 0 saturated heterocycles. The fraction of sp³-hybridized carbons (Fsp3) is 0.400. The molecular formula is C15H18FN3O2S. The van der Waals surface area contributed by atoms with Gasteiger partial charge in [-0.1, -0.05) is 11.8 Å². The molecule has 7 heteroatoms. The summed E-state index contributed by atoms with van der Waals surface area (Å²) >= 11 is 1.53. The van der Waals surface area contributed by atoms with Crippen molar-refractivity contribution in [3.8, 4) is 11.4 Å². The number of nitrogens with zero attached hydrogens (tertiary/aromatic N) is 3. The van der Waals surface area contributed by atoms with E-state index in [2.05, 4.69) is 10.2 Å². The minimum atomic E-state index is -0.278. The molecule has 5 nitrogen and oxygen atoms in total. The highest BCUT2D eigenvalue weighted by atomic mass is 32.2. The van der Waals surface area contributed by atoms with Gasteiger partial charge in [0.05, 0.1) is 6.61 Å². The minimum absolute atomic E-state index is 0.173. The summed E-state index contributed by atoms with van der Waals surface area (Å²) < 4.78 is 19.7. The third-order valence-corrected chi connectivity index (χ3v) is 4.11. The van der Waals surface area contributed by atoms with Crippen LogP contribution in [0.25, 0.3) is 11.4 Å². The van der Waals surface area contributed by atoms with Crippen molar-refractivity contribution in [3.63, 3.8) is 0 Å². The highest BCUT2D eigenvalue weighted by molar-refractivity contribution is 7.99. The largest absolute Gasteiger partial charge is 0.466 e. The van der Waals surface area contributed by atoms with Crippen molar-refractivity contribution in [1.29, 1.82) is 0 Å². The molecule has 0 aliphatic rings. The summed E-state index contributed by atoms with van der Waals surface area (Å²) in [6, 6.07) is 6.15. The van der Waals surface area contributed by atoms with Gasteiger partial charge in [0, 0.05) is 24.8 Å². The Labute approximate surface area is 132 Å². The first-order valence-electron chi connectivity index (χ1n) is 7.05. The van der Waals surface area contributed by atoms with Crippen molar-refractivity contribution in [2.24, 2.45) is 7.05 Å². The monoisotopic (exact) mass is 323 g/mol. The zero-order valence-corrected chi connectivity index (χ0v) is 13.4. The summed E-state index contributed by atoms with van der Waals surface area (Å²) in [5.41, 5.74) is 0.815. The molecule has 0 fully saturated rings. The number of benzene rings is 1. The molecule has 0 saturated carbocycles. The van der Waals surface area contributed by atoms with Crippen LogP contribution in [0.4, 0.5) is 4.39 Å². The first-order valence-corrected chi connectivity index (χ1v) is 8.04. The molecule has 0 bridgehead atoms. The first kappa shape index (κ1) is 16.5. The number of ether oxygens (including phenoxy) is 1. The van der Waals surface area contributed by atoms with Crippen LogP contribution in [0.1, 0.15) is 19.8 Å². The van der Waals surface area contributed by atoms with Gasteiger partial charge in [-0.15, -0.1) is 10.2 Å². The number of aromatic nitrogens is 3. The zero-order chi connectivity index (χ0) is 15.9. The molecule has 0 N–H and O–H groups in total. The fourth-order valence-corrected chi connectivity index (χ4v) is 2.75. The maximum Gasteiger partial charge on any atom is 0.305 e. The molecule has 1 aromatic carbocycles. The molecule has 0 spiro atoms. The average molecular weight is 323 g/mol. The molecule has 2 aromatic rings. The molecular weight excluding hydrogens is 305 g/mol. The van der Waals surface area contributed by atoms with Crippen molar-refractivity contribution >= 4 is 17.7 Å². The van der Waals surface area contributed by atoms with Crippen LogP contribution in [0.5, 0.6) is 0 Å². The Morgan fingerprint density at radius 3 is 2.73 bits per heavy atom. The molecule has 0 aliphatic carbocycles. The average Bonchev–Trinajstić information content (AvgIpc) is 2.86. The molecule has 118 valence electrons. The van der Waals surface area contributed by atoms with Gasteiger partial charge in [-0.2, -0.15) is 0 Å². The summed E-state index contributed by atoms with van der Waals surface area (Å²) in [5, 5.41) is 9.04. The van der Waals surface area contributed by atoms with Crippen molar-refractivity contribution in [3.05, 3.63) is 30.1 Å². The van der Waals surface area contributed by atoms with Crippen molar-refractivity contribution in [2.45, 2.75) is 24.9 Å². The molecule has 22 heavy (non-hydrogen) atoms. The van der Waals surface area contributed by atoms with Gasteiger partial charge < -0.3 is 9.30 Å². The highest BCUT2D eigenvalue weighted by Crippen LogP contribution is 2.23. The summed E-state index contributed by atoms with van der Waals surface area (Å²) in [5.74, 6) is 0.995. The van der Waals surface area contributed by atoms with Gasteiger partial charge in [-0.05, 0) is 37.6 Å². The second-order valence-corrected chi connectivity index (χ2v) is 5.69. The molecule has 0 amide bonds. The van der Waals surface area contributed by atoms with Gasteiger partial charge in [0.2, 0.25) is 0 Å². The standard InChI is InChI=1S/C15H18FN3O2S/c1-3-21-13(20)5-4-10-22-15-18-17-14(19(15)2)11-6-8-12(16)9-7-11/h6-9H,3-5,10H2,1-2H3. The van der Waals surface area contributed by atoms with Crippen molar-refractivity contribution in [1.82, 2.24) is 14.8 Å². The van der Waals surface area contributed by atoms with Gasteiger partial charge in [-0.25, -0.2) is 4.39 Å². The second-order valence-electron chi connectivity index (χ2n) is 4.63. The summed E-state index contributed by atoms with van der Waals surface area (Å²) in [6.07, 6.45) is 1.13. The van der Waals surface area contributed by atoms with Gasteiger partial charge in [0.15, 0.2) is 11.0 Å². The van der Waals surface area contributed by atoms with Crippen molar-refractivity contribution < 1.29 is 13.9 Å². The molecule has 0 unspecified atom stereocenters. The van der Waals surface area contributed by atoms with E-state index >= 15 is 0 Å². The molecule has 1 aromatic heterocycles. The highest BCUT2D eigenvalue weighted by Gasteiger charge is 2.11. The van der Waals surface area contributed by atoms with E-state index < -0.39 is 0 Å². The number of hydrogen-bond donors (Lipinski definition) is 0. The predicted octanol–water partition coefficient (Wildman–Crippen LogP) is 3.06. The Bertz CT molecular complexity index is 628. The van der Waals surface area contributed by atoms with E-state index in [1.807, 2.05) is 11.6 Å². The Morgan fingerprint density at radius 1 is 1.32 bits per heavy atom. The van der Waals surface area contributed by atoms with Crippen LogP contribution in [0.15, 0.2) is 29.4 Å². The Balaban J connectivity index is 1.91. The number of hydrogen-bond acceptors (Lipinski definition) is 5. The van der Waals surface area contributed by atoms with Crippen molar-refractivity contribution in [2.75, 3.05) is 12.4 Å². The number of carbonyl (C=O) groups excluding carboxylic acids is 1. The van der Waals surface area contributed by atoms with Crippen LogP contribution in [0.3, 0.4) is 0 Å². The lowest BCUT2D eigenvalue weighted by atomic mass is 10.2. The summed E-state index contributed by atoms with van der Waals surface area (Å²) in [4.78, 5) is 11.2. The second kappa shape index (κ2) is 7.93. The lowest BCUT2D eigenvalue weighted by Gasteiger charge is -2.04. The quantitative estimate of drug-likeness (QED) is 0.445. The lowest BCUT2D eigenvalue weighted by molar-refractivity contribution is -0.143. The molecule has 0 radical (unpaired) electrons. The maximum absolute atomic E-state index is 12.9. The van der Waals surface area contributed by atoms with Crippen LogP contribution < -0.4 is 0 Å². The van der Waals surface area contributed by atoms with Crippen LogP contribution in [-0.4, -0.2) is 33.1 Å². The SMILES string of the molecule is CCOC(=O)CCCSc1nnc(-c2ccc(F)cc2)n1C. The van der Waals surface area contributed by atoms with Gasteiger partial charge in [0.25, 0.3) is 0 Å². The normalized spacial score (nSPS) is 10.7. The van der Waals surface area contributed by atoms with Crippen LogP contribution in [-0.2, 0) is 16.6 Å². The van der Waals surface area contributed by atoms with Gasteiger partial charge in [0.1, 0.15) is 5.82 Å². The number of carbonyl (C=O) groups is 1. The smallest absolute Gasteiger partial charge is 0.305 e. The first-order chi connectivity index (χ1) is 10.6. The van der Waals surface area contributed by atoms with E-state index in [4.69, 9.17) is 4.74 Å². The van der Waals surface area contributed by atoms with Gasteiger partial charge >= 0.3 is 5.97 Å². The maximum atomic E-state index is 12.9. The van der Waals surface area contributed by atoms with E-state index in [1.54, 1.807) is 19.1 Å². The Hall–Kier alpha value is -1.89. The predicted molar refractivity (Wildman–Crippen MR) is 83.0 cm³/mol. The fourth-order valence-electron chi connectivity index (χ4n) is 1.90. The van der Waals surface area contributed by atoms with E-state index in [9.17, 15) is 9.18 Å². The van der Waals surface area contributed by atoms with Gasteiger partial charge in [-0.3, -0.25) is 4.79 Å². The summed E-state index contributed by atoms with van der Waals surface area (Å²) in [6.45, 7) is 2.21. The topological polar surface area (TPSA) is 57.0 Å². The zero-order valence-electron chi connectivity index (χ0n) is 12.6. The number of halogens is 1. The van der Waals surface area contributed by atoms with Crippen LogP contribution >= 0.6 is 11.8 Å². The van der Waals surface area contributed by atoms with E-state index in [1.165, 1.54) is 23.9 Å². The van der Waals surface area contributed by atoms with Crippen LogP contribution in [0.2, 0.25) is 0 Å². The number of esters is 1. The van der Waals surface area contributed by atoms with E-state index in [0.717, 1.165) is 22.9 Å². The third kappa shape index (κ3) is 4.30. The van der Waals surface area contributed by atoms with E-state index in [0.29, 0.717) is 18.9 Å². The summed E-state index contributed by atoms with van der Waals surface area (Å²) in [7, 11) is 1.87. The Morgan fingerprint density at radius 2 is 2.05 bits per heavy atom. The molecule has 0 atom stereocenters. The number of thioether (sulfide) groups is 1. The number of rotatable bonds is 7. The molecule has 0 aliphatic heterocycles. The lowest BCUT2D eigenvalue weighted by Crippen LogP contribution is -2.04.